The van der Waals surface area contributed by atoms with Gasteiger partial charge in [0.25, 0.3) is 0 Å². The van der Waals surface area contributed by atoms with Crippen LogP contribution >= 0.6 is 0 Å². The Hall–Kier alpha value is -0.160. The summed E-state index contributed by atoms with van der Waals surface area (Å²) in [6.07, 6.45) is 2.20. The molecule has 4 heteroatoms. The molecule has 3 atom stereocenters. The van der Waals surface area contributed by atoms with E-state index in [2.05, 4.69) is 56.8 Å². The molecule has 2 N–H and O–H groups in total. The third-order valence-electron chi connectivity index (χ3n) is 4.64. The zero-order valence-corrected chi connectivity index (χ0v) is 14.3. The summed E-state index contributed by atoms with van der Waals surface area (Å²) in [5.74, 6) is 0. The van der Waals surface area contributed by atoms with E-state index < -0.39 is 0 Å². The Balaban J connectivity index is 2.58. The van der Waals surface area contributed by atoms with Crippen molar-refractivity contribution in [3.8, 4) is 0 Å². The standard InChI is InChI=1S/C16H35N3O/c1-7-15-11-19(9-8-18(15)6)14(4)10-16(5,12-20)17-13(2)3/h13-15,17,20H,7-12H2,1-6H3. The van der Waals surface area contributed by atoms with E-state index in [9.17, 15) is 5.11 Å². The van der Waals surface area contributed by atoms with Crippen molar-refractivity contribution >= 4 is 0 Å². The number of hydrogen-bond donors (Lipinski definition) is 2. The van der Waals surface area contributed by atoms with Crippen LogP contribution in [0.3, 0.4) is 0 Å². The van der Waals surface area contributed by atoms with Crippen molar-refractivity contribution in [3.05, 3.63) is 0 Å². The number of rotatable bonds is 7. The van der Waals surface area contributed by atoms with Gasteiger partial charge in [-0.05, 0) is 33.7 Å². The third kappa shape index (κ3) is 4.99. The van der Waals surface area contributed by atoms with Crippen LogP contribution < -0.4 is 5.32 Å². The Morgan fingerprint density at radius 3 is 2.45 bits per heavy atom. The monoisotopic (exact) mass is 285 g/mol. The molecular formula is C16H35N3O. The van der Waals surface area contributed by atoms with Gasteiger partial charge in [-0.3, -0.25) is 4.90 Å². The van der Waals surface area contributed by atoms with E-state index in [4.69, 9.17) is 0 Å². The zero-order valence-electron chi connectivity index (χ0n) is 14.3. The fraction of sp³-hybridized carbons (Fsp3) is 1.00. The maximum atomic E-state index is 9.73. The van der Waals surface area contributed by atoms with Crippen molar-refractivity contribution in [2.75, 3.05) is 33.3 Å². The van der Waals surface area contributed by atoms with Crippen molar-refractivity contribution in [2.45, 2.75) is 71.1 Å². The summed E-state index contributed by atoms with van der Waals surface area (Å²) in [4.78, 5) is 5.06. The Morgan fingerprint density at radius 1 is 1.30 bits per heavy atom. The Labute approximate surface area is 125 Å². The Kier molecular flexibility index (Phi) is 6.92. The lowest BCUT2D eigenvalue weighted by Gasteiger charge is -2.44. The van der Waals surface area contributed by atoms with E-state index in [0.717, 1.165) is 26.1 Å². The van der Waals surface area contributed by atoms with Crippen molar-refractivity contribution in [2.24, 2.45) is 0 Å². The van der Waals surface area contributed by atoms with Crippen LogP contribution in [-0.4, -0.2) is 71.9 Å². The van der Waals surface area contributed by atoms with Crippen LogP contribution in [0.4, 0.5) is 0 Å². The number of nitrogens with zero attached hydrogens (tertiary/aromatic N) is 2. The first-order valence-corrected chi connectivity index (χ1v) is 8.14. The van der Waals surface area contributed by atoms with Gasteiger partial charge < -0.3 is 15.3 Å². The number of hydrogen-bond acceptors (Lipinski definition) is 4. The van der Waals surface area contributed by atoms with E-state index in [1.54, 1.807) is 0 Å². The van der Waals surface area contributed by atoms with Crippen LogP contribution in [0.1, 0.15) is 47.5 Å². The molecule has 1 aliphatic rings. The summed E-state index contributed by atoms with van der Waals surface area (Å²) in [7, 11) is 2.23. The smallest absolute Gasteiger partial charge is 0.0611 e. The average molecular weight is 285 g/mol. The first-order valence-electron chi connectivity index (χ1n) is 8.14. The topological polar surface area (TPSA) is 38.7 Å². The fourth-order valence-electron chi connectivity index (χ4n) is 3.46. The second kappa shape index (κ2) is 7.74. The van der Waals surface area contributed by atoms with Gasteiger partial charge in [-0.1, -0.05) is 20.8 Å². The molecule has 1 aliphatic heterocycles. The molecule has 20 heavy (non-hydrogen) atoms. The normalized spacial score (nSPS) is 26.7. The van der Waals surface area contributed by atoms with Crippen LogP contribution in [0.15, 0.2) is 0 Å². The number of piperazine rings is 1. The molecule has 1 rings (SSSR count). The van der Waals surface area contributed by atoms with Crippen LogP contribution in [0.5, 0.6) is 0 Å². The van der Waals surface area contributed by atoms with Gasteiger partial charge in [-0.2, -0.15) is 0 Å². The maximum absolute atomic E-state index is 9.73. The molecule has 0 bridgehead atoms. The highest BCUT2D eigenvalue weighted by molar-refractivity contribution is 4.90. The van der Waals surface area contributed by atoms with Gasteiger partial charge in [0.15, 0.2) is 0 Å². The largest absolute Gasteiger partial charge is 0.394 e. The first-order chi connectivity index (χ1) is 9.31. The molecule has 1 saturated heterocycles. The molecule has 1 fully saturated rings. The summed E-state index contributed by atoms with van der Waals surface area (Å²) in [6.45, 7) is 14.6. The van der Waals surface area contributed by atoms with Gasteiger partial charge in [0.2, 0.25) is 0 Å². The molecule has 3 unspecified atom stereocenters. The molecule has 0 aromatic rings. The molecule has 4 nitrogen and oxygen atoms in total. The van der Waals surface area contributed by atoms with Gasteiger partial charge in [0.05, 0.1) is 6.61 Å². The third-order valence-corrected chi connectivity index (χ3v) is 4.64. The summed E-state index contributed by atoms with van der Waals surface area (Å²) < 4.78 is 0. The van der Waals surface area contributed by atoms with Gasteiger partial charge in [-0.15, -0.1) is 0 Å². The Morgan fingerprint density at radius 2 is 1.95 bits per heavy atom. The van der Waals surface area contributed by atoms with Gasteiger partial charge in [0.1, 0.15) is 0 Å². The minimum Gasteiger partial charge on any atom is -0.394 e. The predicted octanol–water partition coefficient (Wildman–Crippen LogP) is 1.54. The molecule has 0 radical (unpaired) electrons. The molecule has 0 spiro atoms. The lowest BCUT2D eigenvalue weighted by Crippen LogP contribution is -2.57. The van der Waals surface area contributed by atoms with Gasteiger partial charge in [0, 0.05) is 43.3 Å². The lowest BCUT2D eigenvalue weighted by molar-refractivity contribution is 0.0457. The molecule has 0 amide bonds. The van der Waals surface area contributed by atoms with Crippen LogP contribution in [0.25, 0.3) is 0 Å². The quantitative estimate of drug-likeness (QED) is 0.744. The molecule has 120 valence electrons. The van der Waals surface area contributed by atoms with Crippen LogP contribution in [0, 0.1) is 0 Å². The van der Waals surface area contributed by atoms with Crippen molar-refractivity contribution in [1.29, 1.82) is 0 Å². The van der Waals surface area contributed by atoms with E-state index in [1.807, 2.05) is 0 Å². The zero-order chi connectivity index (χ0) is 15.3. The van der Waals surface area contributed by atoms with Crippen LogP contribution in [-0.2, 0) is 0 Å². The summed E-state index contributed by atoms with van der Waals surface area (Å²) in [6, 6.07) is 1.57. The molecular weight excluding hydrogens is 250 g/mol. The number of likely N-dealkylation sites (N-methyl/N-ethyl adjacent to an activating group) is 1. The fourth-order valence-corrected chi connectivity index (χ4v) is 3.46. The van der Waals surface area contributed by atoms with E-state index >= 15 is 0 Å². The predicted molar refractivity (Wildman–Crippen MR) is 86.1 cm³/mol. The molecule has 1 heterocycles. The Bertz CT molecular complexity index is 285. The molecule has 0 aliphatic carbocycles. The minimum absolute atomic E-state index is 0.182. The lowest BCUT2D eigenvalue weighted by atomic mass is 9.92. The van der Waals surface area contributed by atoms with Crippen molar-refractivity contribution in [1.82, 2.24) is 15.1 Å². The number of nitrogens with one attached hydrogen (secondary N) is 1. The summed E-state index contributed by atoms with van der Waals surface area (Å²) in [5.41, 5.74) is -0.182. The van der Waals surface area contributed by atoms with Crippen molar-refractivity contribution < 1.29 is 5.11 Å². The second-order valence-electron chi connectivity index (χ2n) is 7.11. The SMILES string of the molecule is CCC1CN(C(C)CC(C)(CO)NC(C)C)CCN1C. The first kappa shape index (κ1) is 17.9. The molecule has 0 aromatic heterocycles. The average Bonchev–Trinajstić information content (AvgIpc) is 2.38. The maximum Gasteiger partial charge on any atom is 0.0611 e. The van der Waals surface area contributed by atoms with Crippen LogP contribution in [0.2, 0.25) is 0 Å². The highest BCUT2D eigenvalue weighted by Gasteiger charge is 2.31. The highest BCUT2D eigenvalue weighted by Crippen LogP contribution is 2.20. The van der Waals surface area contributed by atoms with E-state index in [-0.39, 0.29) is 12.1 Å². The molecule has 0 aromatic carbocycles. The molecule has 0 saturated carbocycles. The van der Waals surface area contributed by atoms with Gasteiger partial charge in [-0.25, -0.2) is 0 Å². The van der Waals surface area contributed by atoms with Gasteiger partial charge >= 0.3 is 0 Å². The minimum atomic E-state index is -0.182. The number of aliphatic hydroxyl groups is 1. The summed E-state index contributed by atoms with van der Waals surface area (Å²) >= 11 is 0. The summed E-state index contributed by atoms with van der Waals surface area (Å²) in [5, 5.41) is 13.3. The number of aliphatic hydroxyl groups excluding tert-OH is 1. The van der Waals surface area contributed by atoms with E-state index in [1.165, 1.54) is 6.42 Å². The van der Waals surface area contributed by atoms with Crippen molar-refractivity contribution in [3.63, 3.8) is 0 Å². The van der Waals surface area contributed by atoms with E-state index in [0.29, 0.717) is 18.1 Å². The highest BCUT2D eigenvalue weighted by atomic mass is 16.3. The second-order valence-corrected chi connectivity index (χ2v) is 7.11.